The van der Waals surface area contributed by atoms with Gasteiger partial charge in [0.05, 0.1) is 13.2 Å². The van der Waals surface area contributed by atoms with Crippen LogP contribution in [0, 0.1) is 5.41 Å². The highest BCUT2D eigenvalue weighted by molar-refractivity contribution is 4.83. The highest BCUT2D eigenvalue weighted by Gasteiger charge is 2.27. The summed E-state index contributed by atoms with van der Waals surface area (Å²) in [5.74, 6) is 0. The first kappa shape index (κ1) is 14.3. The van der Waals surface area contributed by atoms with Gasteiger partial charge in [0.2, 0.25) is 0 Å². The molecule has 0 aromatic carbocycles. The monoisotopic (exact) mass is 254 g/mol. The molecule has 3 heteroatoms. The summed E-state index contributed by atoms with van der Waals surface area (Å²) in [7, 11) is 0. The first-order valence-corrected chi connectivity index (χ1v) is 7.69. The average Bonchev–Trinajstić information content (AvgIpc) is 2.35. The Morgan fingerprint density at radius 1 is 1.28 bits per heavy atom. The second-order valence-corrected chi connectivity index (χ2v) is 6.72. The van der Waals surface area contributed by atoms with E-state index in [1.165, 1.54) is 45.2 Å². The fourth-order valence-corrected chi connectivity index (χ4v) is 3.31. The predicted molar refractivity (Wildman–Crippen MR) is 75.9 cm³/mol. The molecule has 2 rings (SSSR count). The van der Waals surface area contributed by atoms with Crippen LogP contribution in [-0.4, -0.2) is 50.3 Å². The molecule has 2 aliphatic rings. The zero-order chi connectivity index (χ0) is 12.8. The molecule has 0 radical (unpaired) electrons. The molecule has 1 saturated carbocycles. The van der Waals surface area contributed by atoms with E-state index < -0.39 is 0 Å². The minimum absolute atomic E-state index is 0.556. The lowest BCUT2D eigenvalue weighted by atomic mass is 9.75. The van der Waals surface area contributed by atoms with E-state index >= 15 is 0 Å². The van der Waals surface area contributed by atoms with Gasteiger partial charge in [-0.05, 0) is 44.2 Å². The maximum atomic E-state index is 5.37. The van der Waals surface area contributed by atoms with Gasteiger partial charge < -0.3 is 10.1 Å². The van der Waals surface area contributed by atoms with Crippen molar-refractivity contribution >= 4 is 0 Å². The molecule has 0 amide bonds. The van der Waals surface area contributed by atoms with Gasteiger partial charge in [0, 0.05) is 19.1 Å². The Bertz CT molecular complexity index is 237. The van der Waals surface area contributed by atoms with Crippen molar-refractivity contribution in [1.82, 2.24) is 10.2 Å². The van der Waals surface area contributed by atoms with Crippen molar-refractivity contribution in [1.29, 1.82) is 0 Å². The van der Waals surface area contributed by atoms with E-state index in [9.17, 15) is 0 Å². The summed E-state index contributed by atoms with van der Waals surface area (Å²) < 4.78 is 5.37. The zero-order valence-electron chi connectivity index (χ0n) is 12.2. The number of nitrogens with zero attached hydrogens (tertiary/aromatic N) is 1. The minimum atomic E-state index is 0.556. The highest BCUT2D eigenvalue weighted by atomic mass is 16.5. The highest BCUT2D eigenvalue weighted by Crippen LogP contribution is 2.34. The summed E-state index contributed by atoms with van der Waals surface area (Å²) in [6.45, 7) is 11.3. The van der Waals surface area contributed by atoms with Crippen LogP contribution in [0.15, 0.2) is 0 Å². The topological polar surface area (TPSA) is 24.5 Å². The van der Waals surface area contributed by atoms with Gasteiger partial charge in [-0.1, -0.05) is 20.3 Å². The van der Waals surface area contributed by atoms with Crippen LogP contribution >= 0.6 is 0 Å². The van der Waals surface area contributed by atoms with E-state index in [2.05, 4.69) is 24.1 Å². The largest absolute Gasteiger partial charge is 0.379 e. The summed E-state index contributed by atoms with van der Waals surface area (Å²) in [6.07, 6.45) is 6.80. The molecule has 0 spiro atoms. The van der Waals surface area contributed by atoms with Crippen molar-refractivity contribution in [2.24, 2.45) is 5.41 Å². The van der Waals surface area contributed by atoms with Crippen molar-refractivity contribution in [3.05, 3.63) is 0 Å². The number of ether oxygens (including phenoxy) is 1. The van der Waals surface area contributed by atoms with E-state index in [1.807, 2.05) is 0 Å². The number of morpholine rings is 1. The molecule has 1 heterocycles. The smallest absolute Gasteiger partial charge is 0.0594 e. The number of nitrogens with one attached hydrogen (secondary N) is 1. The fraction of sp³-hybridized carbons (Fsp3) is 1.00. The Labute approximate surface area is 112 Å². The lowest BCUT2D eigenvalue weighted by molar-refractivity contribution is 0.0372. The van der Waals surface area contributed by atoms with Crippen molar-refractivity contribution in [2.45, 2.75) is 52.0 Å². The molecular formula is C15H30N2O. The third-order valence-electron chi connectivity index (χ3n) is 4.39. The molecule has 1 aliphatic carbocycles. The zero-order valence-corrected chi connectivity index (χ0v) is 12.2. The van der Waals surface area contributed by atoms with Crippen LogP contribution < -0.4 is 5.32 Å². The van der Waals surface area contributed by atoms with E-state index in [0.29, 0.717) is 5.41 Å². The van der Waals surface area contributed by atoms with Crippen LogP contribution in [0.1, 0.15) is 46.0 Å². The van der Waals surface area contributed by atoms with Gasteiger partial charge in [-0.15, -0.1) is 0 Å². The molecule has 0 aromatic heterocycles. The van der Waals surface area contributed by atoms with E-state index in [1.54, 1.807) is 0 Å². The van der Waals surface area contributed by atoms with Crippen LogP contribution in [0.25, 0.3) is 0 Å². The summed E-state index contributed by atoms with van der Waals surface area (Å²) in [6, 6.07) is 0.762. The number of hydrogen-bond acceptors (Lipinski definition) is 3. The van der Waals surface area contributed by atoms with Gasteiger partial charge in [-0.25, -0.2) is 0 Å². The summed E-state index contributed by atoms with van der Waals surface area (Å²) >= 11 is 0. The van der Waals surface area contributed by atoms with Crippen molar-refractivity contribution in [2.75, 3.05) is 39.4 Å². The standard InChI is InChI=1S/C15H30N2O/c1-15(2)6-3-5-14(13-15)16-7-4-8-17-9-11-18-12-10-17/h14,16H,3-13H2,1-2H3. The van der Waals surface area contributed by atoms with Crippen molar-refractivity contribution < 1.29 is 4.74 Å². The molecule has 1 N–H and O–H groups in total. The maximum Gasteiger partial charge on any atom is 0.0594 e. The third kappa shape index (κ3) is 4.87. The lowest BCUT2D eigenvalue weighted by Crippen LogP contribution is -2.40. The molecule has 0 aromatic rings. The molecular weight excluding hydrogens is 224 g/mol. The molecule has 2 fully saturated rings. The Morgan fingerprint density at radius 2 is 2.06 bits per heavy atom. The van der Waals surface area contributed by atoms with Gasteiger partial charge in [-0.3, -0.25) is 4.90 Å². The van der Waals surface area contributed by atoms with Crippen LogP contribution in [-0.2, 0) is 4.74 Å². The van der Waals surface area contributed by atoms with Crippen LogP contribution in [0.5, 0.6) is 0 Å². The summed E-state index contributed by atoms with van der Waals surface area (Å²) in [4.78, 5) is 2.52. The van der Waals surface area contributed by atoms with Gasteiger partial charge in [0.1, 0.15) is 0 Å². The Hall–Kier alpha value is -0.120. The second kappa shape index (κ2) is 6.88. The van der Waals surface area contributed by atoms with Gasteiger partial charge in [0.15, 0.2) is 0 Å². The average molecular weight is 254 g/mol. The van der Waals surface area contributed by atoms with E-state index in [0.717, 1.165) is 32.3 Å². The molecule has 1 atom stereocenters. The van der Waals surface area contributed by atoms with Crippen LogP contribution in [0.2, 0.25) is 0 Å². The summed E-state index contributed by atoms with van der Waals surface area (Å²) in [5.41, 5.74) is 0.556. The maximum absolute atomic E-state index is 5.37. The molecule has 1 aliphatic heterocycles. The van der Waals surface area contributed by atoms with Crippen molar-refractivity contribution in [3.8, 4) is 0 Å². The second-order valence-electron chi connectivity index (χ2n) is 6.72. The Balaban J connectivity index is 1.54. The van der Waals surface area contributed by atoms with E-state index in [-0.39, 0.29) is 0 Å². The first-order chi connectivity index (χ1) is 8.66. The Morgan fingerprint density at radius 3 is 2.78 bits per heavy atom. The predicted octanol–water partition coefficient (Wildman–Crippen LogP) is 2.27. The number of rotatable bonds is 5. The van der Waals surface area contributed by atoms with Crippen molar-refractivity contribution in [3.63, 3.8) is 0 Å². The molecule has 1 saturated heterocycles. The SMILES string of the molecule is CC1(C)CCCC(NCCCN2CCOCC2)C1. The number of hydrogen-bond donors (Lipinski definition) is 1. The fourth-order valence-electron chi connectivity index (χ4n) is 3.31. The van der Waals surface area contributed by atoms with Crippen LogP contribution in [0.3, 0.4) is 0 Å². The third-order valence-corrected chi connectivity index (χ3v) is 4.39. The quantitative estimate of drug-likeness (QED) is 0.762. The lowest BCUT2D eigenvalue weighted by Gasteiger charge is -2.36. The minimum Gasteiger partial charge on any atom is -0.379 e. The molecule has 1 unspecified atom stereocenters. The molecule has 106 valence electrons. The van der Waals surface area contributed by atoms with Gasteiger partial charge in [-0.2, -0.15) is 0 Å². The summed E-state index contributed by atoms with van der Waals surface area (Å²) in [5, 5.41) is 3.76. The molecule has 3 nitrogen and oxygen atoms in total. The van der Waals surface area contributed by atoms with Crippen LogP contribution in [0.4, 0.5) is 0 Å². The van der Waals surface area contributed by atoms with Gasteiger partial charge >= 0.3 is 0 Å². The van der Waals surface area contributed by atoms with Gasteiger partial charge in [0.25, 0.3) is 0 Å². The first-order valence-electron chi connectivity index (χ1n) is 7.69. The normalized spacial score (nSPS) is 29.3. The Kier molecular flexibility index (Phi) is 5.46. The molecule has 0 bridgehead atoms. The van der Waals surface area contributed by atoms with E-state index in [4.69, 9.17) is 4.74 Å². The molecule has 18 heavy (non-hydrogen) atoms.